The number of fused-ring (bicyclic) bond motifs is 3. The van der Waals surface area contributed by atoms with Gasteiger partial charge >= 0.3 is 6.09 Å². The zero-order valence-corrected chi connectivity index (χ0v) is 20.4. The minimum atomic E-state index is -0.494. The van der Waals surface area contributed by atoms with Crippen LogP contribution in [-0.2, 0) is 9.47 Å². The molecule has 6 heteroatoms. The Morgan fingerprint density at radius 1 is 1.31 bits per heavy atom. The fourth-order valence-corrected chi connectivity index (χ4v) is 5.58. The molecular formula is C26H39NO5. The second kappa shape index (κ2) is 8.12. The maximum absolute atomic E-state index is 12.5. The lowest BCUT2D eigenvalue weighted by Crippen LogP contribution is -2.65. The number of nitrogens with zero attached hydrogens (tertiary/aromatic N) is 1. The third-order valence-electron chi connectivity index (χ3n) is 7.20. The van der Waals surface area contributed by atoms with Crippen molar-refractivity contribution in [1.82, 2.24) is 4.90 Å². The van der Waals surface area contributed by atoms with Gasteiger partial charge in [-0.15, -0.1) is 0 Å². The van der Waals surface area contributed by atoms with E-state index in [1.807, 2.05) is 32.9 Å². The first kappa shape index (κ1) is 23.2. The van der Waals surface area contributed by atoms with Crippen LogP contribution in [0.25, 0.3) is 0 Å². The maximum atomic E-state index is 12.5. The molecule has 1 aromatic carbocycles. The van der Waals surface area contributed by atoms with Crippen LogP contribution in [0.2, 0.25) is 0 Å². The number of carbonyl (C=O) groups excluding carboxylic acids is 1. The lowest BCUT2D eigenvalue weighted by molar-refractivity contribution is -0.200. The predicted octanol–water partition coefficient (Wildman–Crippen LogP) is 5.68. The largest absolute Gasteiger partial charge is 0.504 e. The second-order valence-electron chi connectivity index (χ2n) is 11.8. The summed E-state index contributed by atoms with van der Waals surface area (Å²) in [6, 6.07) is 5.55. The summed E-state index contributed by atoms with van der Waals surface area (Å²) in [6.45, 7) is 14.2. The highest BCUT2D eigenvalue weighted by Gasteiger charge is 2.58. The number of ether oxygens (including phenoxy) is 3. The summed E-state index contributed by atoms with van der Waals surface area (Å²) in [5.41, 5.74) is -0.0407. The molecule has 0 aliphatic carbocycles. The number of phenols is 1. The van der Waals surface area contributed by atoms with Gasteiger partial charge in [0.25, 0.3) is 0 Å². The van der Waals surface area contributed by atoms with Crippen molar-refractivity contribution < 1.29 is 24.1 Å². The molecule has 0 unspecified atom stereocenters. The van der Waals surface area contributed by atoms with E-state index in [-0.39, 0.29) is 29.3 Å². The van der Waals surface area contributed by atoms with Crippen molar-refractivity contribution in [1.29, 1.82) is 0 Å². The normalized spacial score (nSPS) is 28.5. The highest BCUT2D eigenvalue weighted by molar-refractivity contribution is 5.69. The molecule has 3 aliphatic rings. The van der Waals surface area contributed by atoms with E-state index < -0.39 is 11.2 Å². The van der Waals surface area contributed by atoms with Crippen molar-refractivity contribution in [3.63, 3.8) is 0 Å². The van der Waals surface area contributed by atoms with Crippen LogP contribution in [0.15, 0.2) is 18.2 Å². The Bertz CT molecular complexity index is 854. The molecule has 3 atom stereocenters. The molecule has 2 fully saturated rings. The van der Waals surface area contributed by atoms with E-state index in [1.165, 1.54) is 0 Å². The molecule has 0 aromatic heterocycles. The molecule has 0 saturated carbocycles. The summed E-state index contributed by atoms with van der Waals surface area (Å²) < 4.78 is 18.6. The second-order valence-corrected chi connectivity index (χ2v) is 11.8. The van der Waals surface area contributed by atoms with Gasteiger partial charge in [-0.05, 0) is 58.9 Å². The summed E-state index contributed by atoms with van der Waals surface area (Å²) in [5.74, 6) is 1.56. The number of benzene rings is 1. The van der Waals surface area contributed by atoms with Gasteiger partial charge < -0.3 is 24.2 Å². The molecule has 1 amide bonds. The van der Waals surface area contributed by atoms with E-state index in [0.29, 0.717) is 31.4 Å². The smallest absolute Gasteiger partial charge is 0.410 e. The van der Waals surface area contributed by atoms with Crippen molar-refractivity contribution in [3.8, 4) is 11.5 Å². The first-order valence-corrected chi connectivity index (χ1v) is 12.0. The first-order chi connectivity index (χ1) is 14.9. The summed E-state index contributed by atoms with van der Waals surface area (Å²) in [4.78, 5) is 14.3. The fourth-order valence-electron chi connectivity index (χ4n) is 5.58. The number of phenolic OH excluding ortho intramolecular Hbond substituents is 1. The Morgan fingerprint density at radius 2 is 2.03 bits per heavy atom. The number of aromatic hydroxyl groups is 1. The Kier molecular flexibility index (Phi) is 5.89. The molecule has 178 valence electrons. The van der Waals surface area contributed by atoms with Crippen molar-refractivity contribution >= 4 is 6.09 Å². The Labute approximate surface area is 192 Å². The Balaban J connectivity index is 1.54. The number of hydrogen-bond donors (Lipinski definition) is 1. The van der Waals surface area contributed by atoms with Gasteiger partial charge in [0.05, 0.1) is 12.7 Å². The summed E-state index contributed by atoms with van der Waals surface area (Å²) >= 11 is 0. The summed E-state index contributed by atoms with van der Waals surface area (Å²) in [6.07, 6.45) is 3.70. The average molecular weight is 446 g/mol. The van der Waals surface area contributed by atoms with Gasteiger partial charge in [-0.2, -0.15) is 0 Å². The molecule has 3 heterocycles. The van der Waals surface area contributed by atoms with Gasteiger partial charge in [0.2, 0.25) is 0 Å². The van der Waals surface area contributed by atoms with E-state index in [9.17, 15) is 9.90 Å². The quantitative estimate of drug-likeness (QED) is 0.645. The number of rotatable bonds is 4. The Hall–Kier alpha value is -1.95. The topological polar surface area (TPSA) is 68.2 Å². The van der Waals surface area contributed by atoms with Gasteiger partial charge in [0.15, 0.2) is 11.5 Å². The van der Waals surface area contributed by atoms with Crippen LogP contribution in [0.4, 0.5) is 4.79 Å². The SMILES string of the molecule is CC(C)CCC[C@]1(C)Oc2c(O)cccc2[C@H]2OCC3(C[C@@H]21)CN(C(=O)OC(C)(C)C)C3. The van der Waals surface area contributed by atoms with E-state index in [0.717, 1.165) is 31.2 Å². The van der Waals surface area contributed by atoms with Crippen LogP contribution >= 0.6 is 0 Å². The van der Waals surface area contributed by atoms with Crippen LogP contribution < -0.4 is 4.74 Å². The summed E-state index contributed by atoms with van der Waals surface area (Å²) in [7, 11) is 0. The van der Waals surface area contributed by atoms with E-state index >= 15 is 0 Å². The molecule has 1 N–H and O–H groups in total. The molecular weight excluding hydrogens is 406 g/mol. The van der Waals surface area contributed by atoms with Gasteiger partial charge in [-0.3, -0.25) is 0 Å². The number of likely N-dealkylation sites (tertiary alicyclic amines) is 1. The molecule has 1 spiro atoms. The van der Waals surface area contributed by atoms with E-state index in [2.05, 4.69) is 20.8 Å². The van der Waals surface area contributed by atoms with E-state index in [1.54, 1.807) is 11.0 Å². The lowest BCUT2D eigenvalue weighted by atomic mass is 9.63. The third-order valence-corrected chi connectivity index (χ3v) is 7.20. The van der Waals surface area contributed by atoms with Gasteiger partial charge in [0, 0.05) is 30.0 Å². The monoisotopic (exact) mass is 445 g/mol. The Morgan fingerprint density at radius 3 is 2.69 bits per heavy atom. The number of hydrogen-bond acceptors (Lipinski definition) is 5. The molecule has 0 radical (unpaired) electrons. The van der Waals surface area contributed by atoms with Crippen LogP contribution in [0.1, 0.15) is 78.9 Å². The third kappa shape index (κ3) is 4.43. The fraction of sp³-hybridized carbons (Fsp3) is 0.731. The molecule has 2 saturated heterocycles. The lowest BCUT2D eigenvalue weighted by Gasteiger charge is -2.58. The van der Waals surface area contributed by atoms with Crippen molar-refractivity contribution in [2.45, 2.75) is 84.5 Å². The number of para-hydroxylation sites is 1. The zero-order chi connectivity index (χ0) is 23.3. The zero-order valence-electron chi connectivity index (χ0n) is 20.4. The highest BCUT2D eigenvalue weighted by Crippen LogP contribution is 2.57. The minimum absolute atomic E-state index is 0.0604. The maximum Gasteiger partial charge on any atom is 0.410 e. The highest BCUT2D eigenvalue weighted by atomic mass is 16.6. The van der Waals surface area contributed by atoms with Crippen molar-refractivity contribution in [2.24, 2.45) is 17.3 Å². The van der Waals surface area contributed by atoms with Crippen molar-refractivity contribution in [3.05, 3.63) is 23.8 Å². The molecule has 1 aromatic rings. The van der Waals surface area contributed by atoms with Gasteiger partial charge in [-0.1, -0.05) is 32.4 Å². The van der Waals surface area contributed by atoms with Gasteiger partial charge in [0.1, 0.15) is 11.2 Å². The molecule has 6 nitrogen and oxygen atoms in total. The molecule has 0 bridgehead atoms. The van der Waals surface area contributed by atoms with E-state index in [4.69, 9.17) is 14.2 Å². The van der Waals surface area contributed by atoms with Crippen LogP contribution in [-0.4, -0.2) is 47.0 Å². The van der Waals surface area contributed by atoms with Crippen LogP contribution in [0.3, 0.4) is 0 Å². The average Bonchev–Trinajstić information content (AvgIpc) is 2.65. The van der Waals surface area contributed by atoms with Gasteiger partial charge in [-0.25, -0.2) is 4.79 Å². The van der Waals surface area contributed by atoms with Crippen molar-refractivity contribution in [2.75, 3.05) is 19.7 Å². The molecule has 32 heavy (non-hydrogen) atoms. The summed E-state index contributed by atoms with van der Waals surface area (Å²) in [5, 5.41) is 10.5. The standard InChI is InChI=1S/C26H39NO5/c1-17(2)9-8-12-25(6)19-13-26(14-27(15-26)23(29)32-24(3,4)5)16-30-21(19)18-10-7-11-20(28)22(18)31-25/h7,10-11,17,19,21,28H,8-9,12-16H2,1-6H3/t19-,21+,25-/m0/s1. The minimum Gasteiger partial charge on any atom is -0.504 e. The predicted molar refractivity (Wildman–Crippen MR) is 123 cm³/mol. The first-order valence-electron chi connectivity index (χ1n) is 12.0. The van der Waals surface area contributed by atoms with Crippen LogP contribution in [0, 0.1) is 17.3 Å². The van der Waals surface area contributed by atoms with Crippen LogP contribution in [0.5, 0.6) is 11.5 Å². The number of amides is 1. The number of carbonyl (C=O) groups is 1. The molecule has 3 aliphatic heterocycles. The molecule has 4 rings (SSSR count).